The predicted molar refractivity (Wildman–Crippen MR) is 129 cm³/mol. The molecule has 0 fully saturated rings. The molecule has 0 atom stereocenters. The third-order valence-corrected chi connectivity index (χ3v) is 4.53. The molecule has 11 heteroatoms. The minimum absolute atomic E-state index is 0.0182. The Morgan fingerprint density at radius 3 is 2.18 bits per heavy atom. The number of ether oxygens (including phenoxy) is 2. The molecule has 34 heavy (non-hydrogen) atoms. The van der Waals surface area contributed by atoms with E-state index < -0.39 is 11.9 Å². The van der Waals surface area contributed by atoms with Crippen LogP contribution in [0.15, 0.2) is 24.4 Å². The number of carbonyl (C=O) groups is 3. The number of aromatic nitrogens is 3. The van der Waals surface area contributed by atoms with Crippen molar-refractivity contribution in [2.45, 2.75) is 27.7 Å². The van der Waals surface area contributed by atoms with Crippen LogP contribution in [0.1, 0.15) is 54.4 Å². The number of aromatic amines is 1. The maximum atomic E-state index is 11.7. The monoisotopic (exact) mass is 504 g/mol. The van der Waals surface area contributed by atoms with Crippen molar-refractivity contribution >= 4 is 57.8 Å². The lowest BCUT2D eigenvalue weighted by Gasteiger charge is -2.09. The summed E-state index contributed by atoms with van der Waals surface area (Å²) in [6.45, 7) is 6.93. The number of hydrogen-bond donors (Lipinski definition) is 2. The van der Waals surface area contributed by atoms with E-state index in [4.69, 9.17) is 32.7 Å². The summed E-state index contributed by atoms with van der Waals surface area (Å²) in [4.78, 5) is 45.3. The second-order valence-electron chi connectivity index (χ2n) is 6.44. The van der Waals surface area contributed by atoms with Gasteiger partial charge >= 0.3 is 11.9 Å². The minimum atomic E-state index is -0.624. The molecule has 0 aliphatic heterocycles. The van der Waals surface area contributed by atoms with Crippen molar-refractivity contribution in [3.63, 3.8) is 0 Å². The van der Waals surface area contributed by atoms with Crippen LogP contribution in [0, 0.1) is 11.8 Å². The molecule has 178 valence electrons. The van der Waals surface area contributed by atoms with E-state index in [9.17, 15) is 14.4 Å². The van der Waals surface area contributed by atoms with Gasteiger partial charge in [0.1, 0.15) is 5.69 Å². The molecule has 0 bridgehead atoms. The molecule has 0 aromatic carbocycles. The van der Waals surface area contributed by atoms with E-state index in [0.717, 1.165) is 5.52 Å². The van der Waals surface area contributed by atoms with Gasteiger partial charge in [0.05, 0.1) is 40.0 Å². The van der Waals surface area contributed by atoms with Gasteiger partial charge in [-0.1, -0.05) is 29.1 Å². The zero-order chi connectivity index (χ0) is 25.3. The summed E-state index contributed by atoms with van der Waals surface area (Å²) in [7, 11) is 0. The first kappa shape index (κ1) is 26.6. The van der Waals surface area contributed by atoms with E-state index in [1.807, 2.05) is 0 Å². The largest absolute Gasteiger partial charge is 0.461 e. The van der Waals surface area contributed by atoms with Crippen molar-refractivity contribution in [3.05, 3.63) is 51.5 Å². The molecule has 0 saturated heterocycles. The highest BCUT2D eigenvalue weighted by atomic mass is 35.5. The number of halogens is 2. The van der Waals surface area contributed by atoms with Crippen LogP contribution in [-0.4, -0.2) is 46.0 Å². The van der Waals surface area contributed by atoms with Gasteiger partial charge in [0, 0.05) is 13.1 Å². The fraction of sp³-hybridized carbons (Fsp3) is 0.261. The number of nitrogens with one attached hydrogen (secondary N) is 2. The van der Waals surface area contributed by atoms with E-state index in [-0.39, 0.29) is 34.6 Å². The number of carbonyl (C=O) groups excluding carboxylic acids is 3. The molecule has 1 amide bonds. The van der Waals surface area contributed by atoms with Crippen molar-refractivity contribution in [3.8, 4) is 11.8 Å². The lowest BCUT2D eigenvalue weighted by molar-refractivity contribution is -0.114. The third kappa shape index (κ3) is 6.94. The lowest BCUT2D eigenvalue weighted by Crippen LogP contribution is -2.13. The molecule has 0 spiro atoms. The van der Waals surface area contributed by atoms with Gasteiger partial charge in [0.25, 0.3) is 0 Å². The summed E-state index contributed by atoms with van der Waals surface area (Å²) in [5.74, 6) is 3.96. The van der Waals surface area contributed by atoms with Crippen molar-refractivity contribution in [1.29, 1.82) is 0 Å². The quantitative estimate of drug-likeness (QED) is 0.383. The van der Waals surface area contributed by atoms with Crippen molar-refractivity contribution in [1.82, 2.24) is 15.0 Å². The van der Waals surface area contributed by atoms with Crippen LogP contribution in [0.3, 0.4) is 0 Å². The van der Waals surface area contributed by atoms with Crippen LogP contribution in [0.2, 0.25) is 10.0 Å². The van der Waals surface area contributed by atoms with Crippen LogP contribution in [0.5, 0.6) is 0 Å². The molecule has 0 unspecified atom stereocenters. The van der Waals surface area contributed by atoms with E-state index in [1.165, 1.54) is 13.0 Å². The van der Waals surface area contributed by atoms with Crippen molar-refractivity contribution in [2.75, 3.05) is 18.5 Å². The number of fused-ring (bicyclic) bond motifs is 1. The lowest BCUT2D eigenvalue weighted by atomic mass is 10.2. The van der Waals surface area contributed by atoms with Crippen LogP contribution < -0.4 is 5.32 Å². The average molecular weight is 505 g/mol. The second kappa shape index (κ2) is 12.6. The molecule has 3 aromatic rings. The summed E-state index contributed by atoms with van der Waals surface area (Å²) in [6, 6.07) is 4.87. The Bertz CT molecular complexity index is 1280. The Labute approximate surface area is 206 Å². The molecule has 0 aliphatic carbocycles. The number of amides is 1. The molecule has 3 rings (SSSR count). The summed E-state index contributed by atoms with van der Waals surface area (Å²) < 4.78 is 9.68. The van der Waals surface area contributed by atoms with Gasteiger partial charge in [-0.05, 0) is 44.9 Å². The fourth-order valence-corrected chi connectivity index (χ4v) is 3.09. The maximum Gasteiger partial charge on any atom is 0.358 e. The molecule has 0 aliphatic rings. The molecular weight excluding hydrogens is 483 g/mol. The first-order valence-corrected chi connectivity index (χ1v) is 10.9. The molecule has 0 saturated carbocycles. The van der Waals surface area contributed by atoms with Gasteiger partial charge in [-0.3, -0.25) is 4.79 Å². The number of rotatable bonds is 5. The van der Waals surface area contributed by atoms with Gasteiger partial charge in [-0.2, -0.15) is 0 Å². The van der Waals surface area contributed by atoms with Crippen LogP contribution in [0.4, 0.5) is 5.69 Å². The molecule has 3 aromatic heterocycles. The first-order valence-electron chi connectivity index (χ1n) is 10.1. The summed E-state index contributed by atoms with van der Waals surface area (Å²) in [6.07, 6.45) is 1.74. The van der Waals surface area contributed by atoms with Gasteiger partial charge < -0.3 is 19.8 Å². The SMILES string of the molecule is CC#Cc1nc(C(=O)OCC)c(Cl)cc1NC(C)=O.CCOC(=O)c1nc2cc[nH]c2cc1Cl. The maximum absolute atomic E-state index is 11.7. The van der Waals surface area contributed by atoms with Crippen molar-refractivity contribution < 1.29 is 23.9 Å². The zero-order valence-electron chi connectivity index (χ0n) is 18.9. The number of pyridine rings is 2. The molecule has 9 nitrogen and oxygen atoms in total. The molecule has 0 radical (unpaired) electrons. The minimum Gasteiger partial charge on any atom is -0.461 e. The van der Waals surface area contributed by atoms with Crippen LogP contribution >= 0.6 is 23.2 Å². The van der Waals surface area contributed by atoms with Gasteiger partial charge in [0.15, 0.2) is 11.4 Å². The Morgan fingerprint density at radius 1 is 1.03 bits per heavy atom. The summed E-state index contributed by atoms with van der Waals surface area (Å²) >= 11 is 11.9. The fourth-order valence-electron chi connectivity index (χ4n) is 2.63. The highest BCUT2D eigenvalue weighted by Gasteiger charge is 2.17. The Morgan fingerprint density at radius 2 is 1.62 bits per heavy atom. The van der Waals surface area contributed by atoms with Crippen molar-refractivity contribution in [2.24, 2.45) is 0 Å². The Kier molecular flexibility index (Phi) is 9.86. The number of esters is 2. The number of anilines is 1. The summed E-state index contributed by atoms with van der Waals surface area (Å²) in [5, 5.41) is 2.95. The molecular formula is C23H22Cl2N4O5. The van der Waals surface area contributed by atoms with Gasteiger partial charge in [-0.15, -0.1) is 0 Å². The standard InChI is InChI=1S/C13H13ClN2O3.C10H9ClN2O2/c1-4-6-10-11(15-8(3)17)7-9(14)12(16-10)13(18)19-5-2;1-2-15-10(14)9-6(11)5-8-7(13-9)3-4-12-8/h7H,5H2,1-3H3,(H,15,17);3-5,12H,2H2,1H3. The number of hydrogen-bond acceptors (Lipinski definition) is 7. The average Bonchev–Trinajstić information content (AvgIpc) is 3.22. The highest BCUT2D eigenvalue weighted by Crippen LogP contribution is 2.23. The van der Waals surface area contributed by atoms with Crippen LogP contribution in [-0.2, 0) is 14.3 Å². The van der Waals surface area contributed by atoms with Crippen LogP contribution in [0.25, 0.3) is 11.0 Å². The van der Waals surface area contributed by atoms with Gasteiger partial charge in [0.2, 0.25) is 5.91 Å². The normalized spacial score (nSPS) is 9.82. The Balaban J connectivity index is 0.000000246. The number of nitrogens with zero attached hydrogens (tertiary/aromatic N) is 2. The third-order valence-electron chi connectivity index (χ3n) is 3.95. The van der Waals surface area contributed by atoms with E-state index in [1.54, 1.807) is 39.1 Å². The molecule has 3 heterocycles. The zero-order valence-corrected chi connectivity index (χ0v) is 20.4. The second-order valence-corrected chi connectivity index (χ2v) is 7.26. The van der Waals surface area contributed by atoms with Gasteiger partial charge in [-0.25, -0.2) is 19.6 Å². The highest BCUT2D eigenvalue weighted by molar-refractivity contribution is 6.34. The first-order chi connectivity index (χ1) is 16.2. The predicted octanol–water partition coefficient (Wildman–Crippen LogP) is 4.63. The smallest absolute Gasteiger partial charge is 0.358 e. The number of H-pyrrole nitrogens is 1. The van der Waals surface area contributed by atoms with E-state index in [2.05, 4.69) is 32.1 Å². The summed E-state index contributed by atoms with van der Waals surface area (Å²) in [5.41, 5.74) is 2.27. The Hall–Kier alpha value is -3.61. The molecule has 2 N–H and O–H groups in total. The van der Waals surface area contributed by atoms with E-state index >= 15 is 0 Å². The topological polar surface area (TPSA) is 123 Å². The van der Waals surface area contributed by atoms with E-state index in [0.29, 0.717) is 22.8 Å².